The third-order valence-electron chi connectivity index (χ3n) is 3.48. The van der Waals surface area contributed by atoms with E-state index in [9.17, 15) is 0 Å². The summed E-state index contributed by atoms with van der Waals surface area (Å²) in [4.78, 5) is 8.15. The highest BCUT2D eigenvalue weighted by Crippen LogP contribution is 2.29. The normalized spacial score (nSPS) is 23.7. The van der Waals surface area contributed by atoms with Gasteiger partial charge in [0.2, 0.25) is 5.95 Å². The van der Waals surface area contributed by atoms with Crippen molar-refractivity contribution >= 4 is 23.4 Å². The molecular weight excluding hydrogens is 250 g/mol. The molecule has 100 valence electrons. The Morgan fingerprint density at radius 1 is 1.50 bits per heavy atom. The van der Waals surface area contributed by atoms with Crippen LogP contribution in [0.1, 0.15) is 32.6 Å². The fourth-order valence-electron chi connectivity index (χ4n) is 2.55. The predicted octanol–water partition coefficient (Wildman–Crippen LogP) is 2.65. The zero-order chi connectivity index (χ0) is 13.0. The van der Waals surface area contributed by atoms with Crippen molar-refractivity contribution in [1.82, 2.24) is 9.97 Å². The molecule has 0 amide bonds. The Labute approximate surface area is 112 Å². The van der Waals surface area contributed by atoms with Crippen LogP contribution in [-0.2, 0) is 0 Å². The van der Waals surface area contributed by atoms with Gasteiger partial charge in [0.05, 0.1) is 6.20 Å². The molecule has 0 saturated heterocycles. The van der Waals surface area contributed by atoms with Gasteiger partial charge in [-0.25, -0.2) is 10.8 Å². The lowest BCUT2D eigenvalue weighted by Gasteiger charge is -2.27. The molecule has 0 aliphatic heterocycles. The molecule has 6 heteroatoms. The number of nitrogens with zero attached hydrogens (tertiary/aromatic N) is 2. The molecule has 0 radical (unpaired) electrons. The first-order valence-electron chi connectivity index (χ1n) is 6.42. The molecule has 1 fully saturated rings. The van der Waals surface area contributed by atoms with Crippen LogP contribution < -0.4 is 16.6 Å². The maximum absolute atomic E-state index is 6.04. The molecule has 1 aromatic rings. The molecule has 0 bridgehead atoms. The Kier molecular flexibility index (Phi) is 4.60. The van der Waals surface area contributed by atoms with Crippen LogP contribution in [0, 0.1) is 11.8 Å². The lowest BCUT2D eigenvalue weighted by Crippen LogP contribution is -2.22. The van der Waals surface area contributed by atoms with E-state index >= 15 is 0 Å². The Morgan fingerprint density at radius 3 is 3.06 bits per heavy atom. The van der Waals surface area contributed by atoms with Crippen molar-refractivity contribution < 1.29 is 0 Å². The van der Waals surface area contributed by atoms with E-state index in [4.69, 9.17) is 17.4 Å². The van der Waals surface area contributed by atoms with E-state index in [1.54, 1.807) is 6.20 Å². The lowest BCUT2D eigenvalue weighted by atomic mass is 9.82. The highest BCUT2D eigenvalue weighted by Gasteiger charge is 2.19. The second kappa shape index (κ2) is 6.20. The van der Waals surface area contributed by atoms with Gasteiger partial charge in [0.15, 0.2) is 5.82 Å². The van der Waals surface area contributed by atoms with Crippen LogP contribution in [-0.4, -0.2) is 16.5 Å². The quantitative estimate of drug-likeness (QED) is 0.579. The van der Waals surface area contributed by atoms with Crippen LogP contribution in [0.3, 0.4) is 0 Å². The number of rotatable bonds is 4. The van der Waals surface area contributed by atoms with E-state index in [-0.39, 0.29) is 0 Å². The maximum atomic E-state index is 6.04. The number of hydrogen-bond donors (Lipinski definition) is 3. The van der Waals surface area contributed by atoms with Gasteiger partial charge < -0.3 is 5.32 Å². The van der Waals surface area contributed by atoms with Crippen molar-refractivity contribution in [1.29, 1.82) is 0 Å². The fraction of sp³-hybridized carbons (Fsp3) is 0.667. The number of hydrogen-bond acceptors (Lipinski definition) is 5. The first-order valence-corrected chi connectivity index (χ1v) is 6.80. The van der Waals surface area contributed by atoms with E-state index < -0.39 is 0 Å². The van der Waals surface area contributed by atoms with Gasteiger partial charge in [-0.05, 0) is 24.7 Å². The van der Waals surface area contributed by atoms with Gasteiger partial charge in [0.25, 0.3) is 0 Å². The summed E-state index contributed by atoms with van der Waals surface area (Å²) in [6, 6.07) is 0. The molecule has 1 aliphatic rings. The van der Waals surface area contributed by atoms with Crippen molar-refractivity contribution in [2.24, 2.45) is 17.7 Å². The van der Waals surface area contributed by atoms with Gasteiger partial charge in [0, 0.05) is 6.54 Å². The summed E-state index contributed by atoms with van der Waals surface area (Å²) in [5.74, 6) is 7.83. The molecule has 5 nitrogen and oxygen atoms in total. The molecule has 1 heterocycles. The van der Waals surface area contributed by atoms with Gasteiger partial charge in [-0.1, -0.05) is 31.4 Å². The minimum absolute atomic E-state index is 0.374. The Morgan fingerprint density at radius 2 is 2.33 bits per heavy atom. The van der Waals surface area contributed by atoms with Crippen LogP contribution in [0.15, 0.2) is 6.20 Å². The van der Waals surface area contributed by atoms with Crippen molar-refractivity contribution in [3.05, 3.63) is 11.2 Å². The van der Waals surface area contributed by atoms with Crippen molar-refractivity contribution in [3.63, 3.8) is 0 Å². The van der Waals surface area contributed by atoms with E-state index in [0.717, 1.165) is 12.5 Å². The topological polar surface area (TPSA) is 75.9 Å². The number of aromatic nitrogens is 2. The Bertz CT molecular complexity index is 398. The van der Waals surface area contributed by atoms with Crippen molar-refractivity contribution in [2.75, 3.05) is 17.3 Å². The highest BCUT2D eigenvalue weighted by molar-refractivity contribution is 6.32. The molecule has 0 aromatic carbocycles. The first-order chi connectivity index (χ1) is 8.69. The predicted molar refractivity (Wildman–Crippen MR) is 74.5 cm³/mol. The Balaban J connectivity index is 1.92. The molecule has 2 atom stereocenters. The minimum atomic E-state index is 0.374. The van der Waals surface area contributed by atoms with E-state index in [2.05, 4.69) is 27.6 Å². The van der Waals surface area contributed by atoms with Gasteiger partial charge >= 0.3 is 0 Å². The summed E-state index contributed by atoms with van der Waals surface area (Å²) in [5.41, 5.74) is 2.42. The minimum Gasteiger partial charge on any atom is -0.368 e. The molecule has 1 aromatic heterocycles. The lowest BCUT2D eigenvalue weighted by molar-refractivity contribution is 0.293. The first kappa shape index (κ1) is 13.4. The summed E-state index contributed by atoms with van der Waals surface area (Å²) in [5, 5.41) is 3.83. The van der Waals surface area contributed by atoms with E-state index in [1.807, 2.05) is 0 Å². The molecule has 1 aliphatic carbocycles. The van der Waals surface area contributed by atoms with Crippen molar-refractivity contribution in [2.45, 2.75) is 32.6 Å². The number of hydrazine groups is 1. The number of halogens is 1. The number of nitrogen functional groups attached to an aromatic ring is 1. The maximum Gasteiger partial charge on any atom is 0.239 e. The zero-order valence-electron chi connectivity index (χ0n) is 10.6. The standard InChI is InChI=1S/C12H20ClN5/c1-8-3-2-4-9(5-8)6-15-11-10(13)7-16-12(17-11)18-14/h7-9H,2-6,14H2,1H3,(H2,15,16,17,18). The smallest absolute Gasteiger partial charge is 0.239 e. The largest absolute Gasteiger partial charge is 0.368 e. The second-order valence-electron chi connectivity index (χ2n) is 5.05. The zero-order valence-corrected chi connectivity index (χ0v) is 11.4. The van der Waals surface area contributed by atoms with E-state index in [0.29, 0.717) is 22.7 Å². The Hall–Kier alpha value is -1.07. The summed E-state index contributed by atoms with van der Waals surface area (Å²) >= 11 is 6.04. The number of nitrogens with two attached hydrogens (primary N) is 1. The van der Waals surface area contributed by atoms with E-state index in [1.165, 1.54) is 25.7 Å². The molecule has 4 N–H and O–H groups in total. The molecular formula is C12H20ClN5. The molecule has 0 spiro atoms. The SMILES string of the molecule is CC1CCCC(CNc2nc(NN)ncc2Cl)C1. The molecule has 2 rings (SSSR count). The van der Waals surface area contributed by atoms with Crippen LogP contribution in [0.25, 0.3) is 0 Å². The highest BCUT2D eigenvalue weighted by atomic mass is 35.5. The summed E-state index contributed by atoms with van der Waals surface area (Å²) in [7, 11) is 0. The summed E-state index contributed by atoms with van der Waals surface area (Å²) < 4.78 is 0. The van der Waals surface area contributed by atoms with Crippen LogP contribution in [0.2, 0.25) is 5.02 Å². The number of nitrogens with one attached hydrogen (secondary N) is 2. The molecule has 2 unspecified atom stereocenters. The average molecular weight is 270 g/mol. The van der Waals surface area contributed by atoms with Crippen LogP contribution >= 0.6 is 11.6 Å². The molecule has 1 saturated carbocycles. The van der Waals surface area contributed by atoms with Gasteiger partial charge in [-0.3, -0.25) is 5.43 Å². The van der Waals surface area contributed by atoms with Gasteiger partial charge in [0.1, 0.15) is 5.02 Å². The van der Waals surface area contributed by atoms with Crippen molar-refractivity contribution in [3.8, 4) is 0 Å². The second-order valence-corrected chi connectivity index (χ2v) is 5.46. The third kappa shape index (κ3) is 3.46. The monoisotopic (exact) mass is 269 g/mol. The number of anilines is 2. The van der Waals surface area contributed by atoms with Gasteiger partial charge in [-0.2, -0.15) is 4.98 Å². The van der Waals surface area contributed by atoms with Gasteiger partial charge in [-0.15, -0.1) is 0 Å². The summed E-state index contributed by atoms with van der Waals surface area (Å²) in [6.45, 7) is 3.23. The summed E-state index contributed by atoms with van der Waals surface area (Å²) in [6.07, 6.45) is 6.78. The average Bonchev–Trinajstić information content (AvgIpc) is 2.38. The van der Waals surface area contributed by atoms with Crippen LogP contribution in [0.5, 0.6) is 0 Å². The third-order valence-corrected chi connectivity index (χ3v) is 3.75. The van der Waals surface area contributed by atoms with Crippen LogP contribution in [0.4, 0.5) is 11.8 Å². The molecule has 18 heavy (non-hydrogen) atoms. The fourth-order valence-corrected chi connectivity index (χ4v) is 2.70.